The number of aromatic nitrogens is 1. The monoisotopic (exact) mass is 276 g/mol. The van der Waals surface area contributed by atoms with Crippen LogP contribution in [0.5, 0.6) is 0 Å². The molecule has 0 bridgehead atoms. The molecule has 0 saturated carbocycles. The molecule has 19 heavy (non-hydrogen) atoms. The molecule has 3 nitrogen and oxygen atoms in total. The number of benzene rings is 1. The SMILES string of the molecule is CC(c1ccccc1Cl)N(C)c1ccc(CO)cn1. The first-order chi connectivity index (χ1) is 9.13. The van der Waals surface area contributed by atoms with Crippen molar-refractivity contribution in [3.8, 4) is 0 Å². The molecule has 0 saturated heterocycles. The number of aliphatic hydroxyl groups is 1. The van der Waals surface area contributed by atoms with Crippen molar-refractivity contribution >= 4 is 17.4 Å². The molecule has 2 rings (SSSR count). The predicted molar refractivity (Wildman–Crippen MR) is 78.4 cm³/mol. The normalized spacial score (nSPS) is 12.2. The summed E-state index contributed by atoms with van der Waals surface area (Å²) in [6, 6.07) is 11.7. The molecular formula is C15H17ClN2O. The van der Waals surface area contributed by atoms with Crippen molar-refractivity contribution in [2.45, 2.75) is 19.6 Å². The summed E-state index contributed by atoms with van der Waals surface area (Å²) in [7, 11) is 1.98. The fourth-order valence-electron chi connectivity index (χ4n) is 1.94. The molecule has 0 aliphatic heterocycles. The van der Waals surface area contributed by atoms with Gasteiger partial charge >= 0.3 is 0 Å². The zero-order valence-electron chi connectivity index (χ0n) is 11.0. The minimum atomic E-state index is 0.0110. The molecule has 0 amide bonds. The third-order valence-corrected chi connectivity index (χ3v) is 3.63. The van der Waals surface area contributed by atoms with Gasteiger partial charge in [-0.1, -0.05) is 35.9 Å². The Bertz CT molecular complexity index is 542. The van der Waals surface area contributed by atoms with E-state index in [2.05, 4.69) is 16.8 Å². The van der Waals surface area contributed by atoms with Crippen LogP contribution in [0.1, 0.15) is 24.1 Å². The van der Waals surface area contributed by atoms with Gasteiger partial charge in [-0.2, -0.15) is 0 Å². The highest BCUT2D eigenvalue weighted by molar-refractivity contribution is 6.31. The highest BCUT2D eigenvalue weighted by Gasteiger charge is 2.15. The van der Waals surface area contributed by atoms with E-state index in [4.69, 9.17) is 16.7 Å². The van der Waals surface area contributed by atoms with Crippen LogP contribution in [0, 0.1) is 0 Å². The quantitative estimate of drug-likeness (QED) is 0.929. The number of anilines is 1. The van der Waals surface area contributed by atoms with Crippen molar-refractivity contribution in [1.82, 2.24) is 4.98 Å². The molecule has 2 aromatic rings. The number of rotatable bonds is 4. The molecule has 0 aliphatic rings. The van der Waals surface area contributed by atoms with E-state index in [1.807, 2.05) is 43.4 Å². The summed E-state index contributed by atoms with van der Waals surface area (Å²) in [6.07, 6.45) is 1.69. The van der Waals surface area contributed by atoms with Crippen molar-refractivity contribution in [3.63, 3.8) is 0 Å². The van der Waals surface area contributed by atoms with Gasteiger partial charge in [0.15, 0.2) is 0 Å². The van der Waals surface area contributed by atoms with E-state index in [0.29, 0.717) is 0 Å². The smallest absolute Gasteiger partial charge is 0.128 e. The summed E-state index contributed by atoms with van der Waals surface area (Å²) in [5.41, 5.74) is 1.88. The van der Waals surface area contributed by atoms with Gasteiger partial charge in [-0.15, -0.1) is 0 Å². The summed E-state index contributed by atoms with van der Waals surface area (Å²) >= 11 is 6.22. The molecule has 1 aromatic carbocycles. The molecule has 4 heteroatoms. The van der Waals surface area contributed by atoms with E-state index in [1.165, 1.54) is 0 Å². The van der Waals surface area contributed by atoms with Crippen LogP contribution in [0.15, 0.2) is 42.6 Å². The van der Waals surface area contributed by atoms with Crippen LogP contribution in [0.4, 0.5) is 5.82 Å². The van der Waals surface area contributed by atoms with Crippen LogP contribution in [0.2, 0.25) is 5.02 Å². The van der Waals surface area contributed by atoms with Crippen LogP contribution >= 0.6 is 11.6 Å². The van der Waals surface area contributed by atoms with Crippen molar-refractivity contribution in [3.05, 3.63) is 58.7 Å². The number of nitrogens with zero attached hydrogens (tertiary/aromatic N) is 2. The number of pyridine rings is 1. The van der Waals surface area contributed by atoms with E-state index >= 15 is 0 Å². The summed E-state index contributed by atoms with van der Waals surface area (Å²) in [6.45, 7) is 2.10. The Morgan fingerprint density at radius 1 is 1.26 bits per heavy atom. The van der Waals surface area contributed by atoms with Crippen LogP contribution in [-0.2, 0) is 6.61 Å². The van der Waals surface area contributed by atoms with E-state index < -0.39 is 0 Å². The zero-order valence-corrected chi connectivity index (χ0v) is 11.8. The van der Waals surface area contributed by atoms with E-state index in [0.717, 1.165) is 22.0 Å². The number of hydrogen-bond acceptors (Lipinski definition) is 3. The Morgan fingerprint density at radius 2 is 2.00 bits per heavy atom. The Labute approximate surface area is 118 Å². The average molecular weight is 277 g/mol. The lowest BCUT2D eigenvalue weighted by atomic mass is 10.1. The predicted octanol–water partition coefficient (Wildman–Crippen LogP) is 3.42. The summed E-state index contributed by atoms with van der Waals surface area (Å²) < 4.78 is 0. The average Bonchev–Trinajstić information content (AvgIpc) is 2.46. The topological polar surface area (TPSA) is 36.4 Å². The van der Waals surface area contributed by atoms with Gasteiger partial charge in [-0.05, 0) is 30.2 Å². The molecule has 0 aliphatic carbocycles. The van der Waals surface area contributed by atoms with Crippen LogP contribution in [0.25, 0.3) is 0 Å². The maximum Gasteiger partial charge on any atom is 0.128 e. The molecule has 100 valence electrons. The van der Waals surface area contributed by atoms with E-state index in [9.17, 15) is 0 Å². The fraction of sp³-hybridized carbons (Fsp3) is 0.267. The Kier molecular flexibility index (Phi) is 4.40. The summed E-state index contributed by atoms with van der Waals surface area (Å²) in [4.78, 5) is 6.41. The summed E-state index contributed by atoms with van der Waals surface area (Å²) in [5.74, 6) is 0.851. The standard InChI is InChI=1S/C15H17ClN2O/c1-11(13-5-3-4-6-14(13)16)18(2)15-8-7-12(10-19)9-17-15/h3-9,11,19H,10H2,1-2H3. The van der Waals surface area contributed by atoms with E-state index in [-0.39, 0.29) is 12.6 Å². The second-order valence-corrected chi connectivity index (χ2v) is 4.90. The van der Waals surface area contributed by atoms with Gasteiger partial charge in [0.1, 0.15) is 5.82 Å². The molecule has 1 atom stereocenters. The number of aliphatic hydroxyl groups excluding tert-OH is 1. The second-order valence-electron chi connectivity index (χ2n) is 4.49. The van der Waals surface area contributed by atoms with E-state index in [1.54, 1.807) is 6.20 Å². The highest BCUT2D eigenvalue weighted by Crippen LogP contribution is 2.28. The van der Waals surface area contributed by atoms with Crippen molar-refractivity contribution in [2.24, 2.45) is 0 Å². The molecule has 1 aromatic heterocycles. The van der Waals surface area contributed by atoms with Gasteiger partial charge in [0.2, 0.25) is 0 Å². The maximum absolute atomic E-state index is 9.02. The number of halogens is 1. The lowest BCUT2D eigenvalue weighted by Gasteiger charge is -2.27. The van der Waals surface area contributed by atoms with Gasteiger partial charge in [-0.25, -0.2) is 4.98 Å². The largest absolute Gasteiger partial charge is 0.392 e. The molecular weight excluding hydrogens is 260 g/mol. The van der Waals surface area contributed by atoms with Crippen LogP contribution in [0.3, 0.4) is 0 Å². The van der Waals surface area contributed by atoms with Crippen molar-refractivity contribution in [2.75, 3.05) is 11.9 Å². The molecule has 1 N–H and O–H groups in total. The number of hydrogen-bond donors (Lipinski definition) is 1. The molecule has 1 heterocycles. The van der Waals surface area contributed by atoms with Crippen LogP contribution in [-0.4, -0.2) is 17.1 Å². The molecule has 1 unspecified atom stereocenters. The van der Waals surface area contributed by atoms with Gasteiger partial charge in [0.05, 0.1) is 12.6 Å². The lowest BCUT2D eigenvalue weighted by molar-refractivity contribution is 0.281. The van der Waals surface area contributed by atoms with Crippen LogP contribution < -0.4 is 4.90 Å². The van der Waals surface area contributed by atoms with Crippen molar-refractivity contribution < 1.29 is 5.11 Å². The fourth-order valence-corrected chi connectivity index (χ4v) is 2.23. The molecule has 0 radical (unpaired) electrons. The van der Waals surface area contributed by atoms with Gasteiger partial charge in [0.25, 0.3) is 0 Å². The molecule has 0 fully saturated rings. The molecule has 0 spiro atoms. The zero-order chi connectivity index (χ0) is 13.8. The third-order valence-electron chi connectivity index (χ3n) is 3.29. The summed E-state index contributed by atoms with van der Waals surface area (Å²) in [5, 5.41) is 9.78. The van der Waals surface area contributed by atoms with Crippen molar-refractivity contribution in [1.29, 1.82) is 0 Å². The minimum absolute atomic E-state index is 0.0110. The first-order valence-electron chi connectivity index (χ1n) is 6.16. The third kappa shape index (κ3) is 3.06. The highest BCUT2D eigenvalue weighted by atomic mass is 35.5. The van der Waals surface area contributed by atoms with Gasteiger partial charge in [-0.3, -0.25) is 0 Å². The second kappa shape index (κ2) is 6.04. The lowest BCUT2D eigenvalue weighted by Crippen LogP contribution is -2.22. The Balaban J connectivity index is 2.23. The maximum atomic E-state index is 9.02. The Hall–Kier alpha value is -1.58. The first-order valence-corrected chi connectivity index (χ1v) is 6.54. The minimum Gasteiger partial charge on any atom is -0.392 e. The Morgan fingerprint density at radius 3 is 2.58 bits per heavy atom. The van der Waals surface area contributed by atoms with Gasteiger partial charge in [0, 0.05) is 18.3 Å². The first kappa shape index (κ1) is 13.8. The van der Waals surface area contributed by atoms with Gasteiger partial charge < -0.3 is 10.0 Å².